The number of rotatable bonds is 5. The molecule has 21 heavy (non-hydrogen) atoms. The molecule has 0 aliphatic carbocycles. The number of hydrogen-bond acceptors (Lipinski definition) is 2. The van der Waals surface area contributed by atoms with Gasteiger partial charge < -0.3 is 10.2 Å². The smallest absolute Gasteiger partial charge is 0.223 e. The van der Waals surface area contributed by atoms with Crippen molar-refractivity contribution < 1.29 is 4.79 Å². The van der Waals surface area contributed by atoms with Gasteiger partial charge in [-0.3, -0.25) is 4.79 Å². The Labute approximate surface area is 128 Å². The fourth-order valence-electron chi connectivity index (χ4n) is 3.08. The van der Waals surface area contributed by atoms with E-state index in [1.165, 1.54) is 11.1 Å². The molecule has 2 rings (SSSR count). The Kier molecular flexibility index (Phi) is 5.80. The van der Waals surface area contributed by atoms with Crippen LogP contribution in [0.15, 0.2) is 24.3 Å². The molecule has 3 nitrogen and oxygen atoms in total. The molecule has 0 radical (unpaired) electrons. The summed E-state index contributed by atoms with van der Waals surface area (Å²) in [6, 6.07) is 9.17. The fourth-order valence-corrected chi connectivity index (χ4v) is 3.08. The third kappa shape index (κ3) is 4.07. The molecule has 116 valence electrons. The molecule has 0 saturated carbocycles. The van der Waals surface area contributed by atoms with E-state index in [9.17, 15) is 4.79 Å². The van der Waals surface area contributed by atoms with Crippen LogP contribution in [0.5, 0.6) is 0 Å². The fraction of sp³-hybridized carbons (Fsp3) is 0.611. The quantitative estimate of drug-likeness (QED) is 0.903. The lowest BCUT2D eigenvalue weighted by Gasteiger charge is -2.40. The topological polar surface area (TPSA) is 32.3 Å². The Morgan fingerprint density at radius 3 is 2.71 bits per heavy atom. The van der Waals surface area contributed by atoms with Crippen molar-refractivity contribution in [3.05, 3.63) is 35.4 Å². The van der Waals surface area contributed by atoms with Crippen LogP contribution < -0.4 is 5.32 Å². The van der Waals surface area contributed by atoms with Crippen molar-refractivity contribution in [3.63, 3.8) is 0 Å². The summed E-state index contributed by atoms with van der Waals surface area (Å²) in [5.74, 6) is 0.310. The van der Waals surface area contributed by atoms with Gasteiger partial charge >= 0.3 is 0 Å². The Bertz CT molecular complexity index is 472. The normalized spacial score (nSPS) is 22.3. The van der Waals surface area contributed by atoms with Crippen molar-refractivity contribution >= 4 is 5.91 Å². The molecule has 0 bridgehead atoms. The zero-order valence-corrected chi connectivity index (χ0v) is 13.6. The van der Waals surface area contributed by atoms with Gasteiger partial charge in [-0.05, 0) is 37.3 Å². The molecule has 3 heteroatoms. The standard InChI is InChI=1S/C18H28N2O/c1-4-16-13-20(17(5-2)12-19-16)18(21)11-10-15-9-7-6-8-14(15)3/h6-9,16-17,19H,4-5,10-13H2,1-3H3. The summed E-state index contributed by atoms with van der Waals surface area (Å²) in [7, 11) is 0. The van der Waals surface area contributed by atoms with Gasteiger partial charge in [-0.1, -0.05) is 38.1 Å². The molecule has 1 heterocycles. The van der Waals surface area contributed by atoms with Gasteiger partial charge in [0.1, 0.15) is 0 Å². The summed E-state index contributed by atoms with van der Waals surface area (Å²) < 4.78 is 0. The first-order valence-electron chi connectivity index (χ1n) is 8.23. The van der Waals surface area contributed by atoms with E-state index < -0.39 is 0 Å². The second kappa shape index (κ2) is 7.60. The van der Waals surface area contributed by atoms with Crippen molar-refractivity contribution in [1.82, 2.24) is 10.2 Å². The summed E-state index contributed by atoms with van der Waals surface area (Å²) in [4.78, 5) is 14.7. The molecule has 1 amide bonds. The summed E-state index contributed by atoms with van der Waals surface area (Å²) in [6.45, 7) is 8.26. The maximum absolute atomic E-state index is 12.6. The number of amides is 1. The van der Waals surface area contributed by atoms with Gasteiger partial charge in [-0.2, -0.15) is 0 Å². The van der Waals surface area contributed by atoms with Crippen LogP contribution in [0.4, 0.5) is 0 Å². The predicted molar refractivity (Wildman–Crippen MR) is 87.4 cm³/mol. The van der Waals surface area contributed by atoms with Gasteiger partial charge in [-0.15, -0.1) is 0 Å². The molecule has 2 unspecified atom stereocenters. The predicted octanol–water partition coefficient (Wildman–Crippen LogP) is 2.92. The highest BCUT2D eigenvalue weighted by Gasteiger charge is 2.28. The number of hydrogen-bond donors (Lipinski definition) is 1. The second-order valence-corrected chi connectivity index (χ2v) is 6.05. The van der Waals surface area contributed by atoms with E-state index in [1.807, 2.05) is 0 Å². The molecule has 0 spiro atoms. The number of carbonyl (C=O) groups excluding carboxylic acids is 1. The number of benzene rings is 1. The molecular formula is C18H28N2O. The monoisotopic (exact) mass is 288 g/mol. The lowest BCUT2D eigenvalue weighted by Crippen LogP contribution is -2.57. The Morgan fingerprint density at radius 1 is 1.29 bits per heavy atom. The number of nitrogens with zero attached hydrogens (tertiary/aromatic N) is 1. The largest absolute Gasteiger partial charge is 0.337 e. The SMILES string of the molecule is CCC1CN(C(=O)CCc2ccccc2C)C(CC)CN1. The summed E-state index contributed by atoms with van der Waals surface area (Å²) in [6.07, 6.45) is 3.58. The van der Waals surface area contributed by atoms with Crippen molar-refractivity contribution in [3.8, 4) is 0 Å². The van der Waals surface area contributed by atoms with Crippen LogP contribution in [0, 0.1) is 6.92 Å². The highest BCUT2D eigenvalue weighted by Crippen LogP contribution is 2.16. The molecule has 1 N–H and O–H groups in total. The minimum absolute atomic E-state index is 0.310. The highest BCUT2D eigenvalue weighted by molar-refractivity contribution is 5.77. The zero-order chi connectivity index (χ0) is 15.2. The molecule has 1 fully saturated rings. The van der Waals surface area contributed by atoms with Crippen molar-refractivity contribution in [2.45, 2.75) is 58.5 Å². The maximum Gasteiger partial charge on any atom is 0.223 e. The van der Waals surface area contributed by atoms with Crippen LogP contribution in [0.25, 0.3) is 0 Å². The van der Waals surface area contributed by atoms with Crippen LogP contribution in [-0.2, 0) is 11.2 Å². The van der Waals surface area contributed by atoms with E-state index in [0.717, 1.165) is 32.4 Å². The van der Waals surface area contributed by atoms with Crippen molar-refractivity contribution in [2.24, 2.45) is 0 Å². The van der Waals surface area contributed by atoms with Gasteiger partial charge in [0.2, 0.25) is 5.91 Å². The van der Waals surface area contributed by atoms with Gasteiger partial charge in [0, 0.05) is 31.6 Å². The number of aryl methyl sites for hydroxylation is 2. The first-order chi connectivity index (χ1) is 10.2. The van der Waals surface area contributed by atoms with E-state index in [0.29, 0.717) is 24.4 Å². The number of piperazine rings is 1. The molecule has 1 aromatic rings. The molecular weight excluding hydrogens is 260 g/mol. The molecule has 1 saturated heterocycles. The zero-order valence-electron chi connectivity index (χ0n) is 13.6. The molecule has 1 aliphatic heterocycles. The van der Waals surface area contributed by atoms with E-state index >= 15 is 0 Å². The van der Waals surface area contributed by atoms with Crippen molar-refractivity contribution in [2.75, 3.05) is 13.1 Å². The molecule has 2 atom stereocenters. The molecule has 1 aromatic carbocycles. The second-order valence-electron chi connectivity index (χ2n) is 6.05. The number of carbonyl (C=O) groups is 1. The third-order valence-electron chi connectivity index (χ3n) is 4.65. The van der Waals surface area contributed by atoms with E-state index in [1.54, 1.807) is 0 Å². The van der Waals surface area contributed by atoms with E-state index in [4.69, 9.17) is 0 Å². The van der Waals surface area contributed by atoms with Crippen molar-refractivity contribution in [1.29, 1.82) is 0 Å². The Balaban J connectivity index is 1.96. The number of nitrogens with one attached hydrogen (secondary N) is 1. The minimum atomic E-state index is 0.310. The molecule has 1 aliphatic rings. The van der Waals surface area contributed by atoms with Gasteiger partial charge in [0.05, 0.1) is 0 Å². The maximum atomic E-state index is 12.6. The average Bonchev–Trinajstić information content (AvgIpc) is 2.53. The average molecular weight is 288 g/mol. The minimum Gasteiger partial charge on any atom is -0.337 e. The van der Waals surface area contributed by atoms with Gasteiger partial charge in [0.25, 0.3) is 0 Å². The van der Waals surface area contributed by atoms with Crippen LogP contribution in [0.1, 0.15) is 44.2 Å². The van der Waals surface area contributed by atoms with Crippen LogP contribution in [-0.4, -0.2) is 36.0 Å². The lowest BCUT2D eigenvalue weighted by atomic mass is 10.0. The summed E-state index contributed by atoms with van der Waals surface area (Å²) in [5.41, 5.74) is 2.57. The lowest BCUT2D eigenvalue weighted by molar-refractivity contribution is -0.135. The van der Waals surface area contributed by atoms with Crippen LogP contribution >= 0.6 is 0 Å². The summed E-state index contributed by atoms with van der Waals surface area (Å²) in [5, 5.41) is 3.54. The van der Waals surface area contributed by atoms with Gasteiger partial charge in [0.15, 0.2) is 0 Å². The first-order valence-corrected chi connectivity index (χ1v) is 8.23. The molecule has 0 aromatic heterocycles. The summed E-state index contributed by atoms with van der Waals surface area (Å²) >= 11 is 0. The van der Waals surface area contributed by atoms with Crippen LogP contribution in [0.2, 0.25) is 0 Å². The van der Waals surface area contributed by atoms with E-state index in [-0.39, 0.29) is 0 Å². The Hall–Kier alpha value is -1.35. The van der Waals surface area contributed by atoms with E-state index in [2.05, 4.69) is 55.3 Å². The first kappa shape index (κ1) is 16.0. The highest BCUT2D eigenvalue weighted by atomic mass is 16.2. The van der Waals surface area contributed by atoms with Gasteiger partial charge in [-0.25, -0.2) is 0 Å². The third-order valence-corrected chi connectivity index (χ3v) is 4.65. The van der Waals surface area contributed by atoms with Crippen LogP contribution in [0.3, 0.4) is 0 Å². The Morgan fingerprint density at radius 2 is 2.05 bits per heavy atom.